The Morgan fingerprint density at radius 1 is 1.05 bits per heavy atom. The van der Waals surface area contributed by atoms with Gasteiger partial charge in [0.1, 0.15) is 43.0 Å². The van der Waals surface area contributed by atoms with Crippen molar-refractivity contribution >= 4 is 29.8 Å². The topological polar surface area (TPSA) is 195 Å². The number of esters is 3. The molecule has 2 aromatic carbocycles. The molecule has 2 aromatic rings. The summed E-state index contributed by atoms with van der Waals surface area (Å²) in [6.07, 6.45) is -2.38. The molecule has 6 atom stereocenters. The van der Waals surface area contributed by atoms with Crippen LogP contribution >= 0.6 is 0 Å². The minimum absolute atomic E-state index is 0.0201. The van der Waals surface area contributed by atoms with Gasteiger partial charge in [0.25, 0.3) is 0 Å². The molecule has 1 aliphatic heterocycles. The first-order chi connectivity index (χ1) is 21.0. The molecule has 0 aromatic heterocycles. The summed E-state index contributed by atoms with van der Waals surface area (Å²) in [4.78, 5) is 48.9. The van der Waals surface area contributed by atoms with E-state index in [1.54, 1.807) is 24.3 Å². The highest BCUT2D eigenvalue weighted by atomic mass is 16.7. The van der Waals surface area contributed by atoms with E-state index in [4.69, 9.17) is 23.7 Å². The lowest BCUT2D eigenvalue weighted by Crippen LogP contribution is -2.61. The van der Waals surface area contributed by atoms with Gasteiger partial charge in [0.15, 0.2) is 11.9 Å². The third-order valence-electron chi connectivity index (χ3n) is 6.86. The summed E-state index contributed by atoms with van der Waals surface area (Å²) in [5, 5.41) is 41.5. The summed E-state index contributed by atoms with van der Waals surface area (Å²) in [6.45, 7) is 0.261. The Hall–Kier alpha value is -4.56. The maximum atomic E-state index is 12.7. The standard InChI is InChI=1S/C31H32O13/c1-18(32)40-17-23-26(36)27(37)28(44-25(35)14-11-19-9-12-21(33)13-10-19)29(43-23)42-22-7-3-2-6-20(22)16-41-30(38)31(39)15-5-4-8-24(31)34/h2-3,5-7,9-15,23,26-29,33,36-37,39H,4,8,16-17H2,1H3/b14-11+/t23-,26-,27+,28-,29-,31?/m1/s1. The predicted molar refractivity (Wildman–Crippen MR) is 150 cm³/mol. The molecule has 1 aliphatic carbocycles. The number of hydrogen-bond acceptors (Lipinski definition) is 13. The average molecular weight is 613 g/mol. The van der Waals surface area contributed by atoms with Gasteiger partial charge in [-0.2, -0.15) is 0 Å². The van der Waals surface area contributed by atoms with Gasteiger partial charge in [0, 0.05) is 25.0 Å². The van der Waals surface area contributed by atoms with Crippen LogP contribution in [0.15, 0.2) is 66.8 Å². The number of phenolic OH excluding ortho intramolecular Hbond substituents is 1. The number of rotatable bonds is 10. The summed E-state index contributed by atoms with van der Waals surface area (Å²) < 4.78 is 27.3. The molecule has 1 unspecified atom stereocenters. The smallest absolute Gasteiger partial charge is 0.350 e. The monoisotopic (exact) mass is 612 g/mol. The molecule has 1 heterocycles. The number of ketones is 1. The van der Waals surface area contributed by atoms with E-state index in [1.165, 1.54) is 36.4 Å². The van der Waals surface area contributed by atoms with Crippen LogP contribution in [0.5, 0.6) is 11.5 Å². The van der Waals surface area contributed by atoms with Gasteiger partial charge >= 0.3 is 17.9 Å². The van der Waals surface area contributed by atoms with Crippen molar-refractivity contribution < 1.29 is 63.3 Å². The van der Waals surface area contributed by atoms with E-state index < -0.39 is 73.2 Å². The van der Waals surface area contributed by atoms with Crippen molar-refractivity contribution in [1.29, 1.82) is 0 Å². The third-order valence-corrected chi connectivity index (χ3v) is 6.86. The molecule has 2 aliphatic rings. The number of aliphatic hydroxyl groups is 3. The van der Waals surface area contributed by atoms with Crippen LogP contribution in [-0.2, 0) is 44.7 Å². The van der Waals surface area contributed by atoms with Crippen molar-refractivity contribution in [2.24, 2.45) is 0 Å². The quantitative estimate of drug-likeness (QED) is 0.0980. The number of para-hydroxylation sites is 1. The molecule has 1 saturated heterocycles. The summed E-state index contributed by atoms with van der Waals surface area (Å²) in [6, 6.07) is 12.1. The first kappa shape index (κ1) is 32.4. The van der Waals surface area contributed by atoms with E-state index in [2.05, 4.69) is 0 Å². The Balaban J connectivity index is 1.53. The first-order valence-electron chi connectivity index (χ1n) is 13.7. The second-order valence-corrected chi connectivity index (χ2v) is 10.1. The fourth-order valence-electron chi connectivity index (χ4n) is 4.44. The Bertz CT molecular complexity index is 1420. The number of benzene rings is 2. The summed E-state index contributed by atoms with van der Waals surface area (Å²) in [5.41, 5.74) is -1.58. The van der Waals surface area contributed by atoms with Crippen molar-refractivity contribution in [1.82, 2.24) is 0 Å². The number of hydrogen-bond donors (Lipinski definition) is 4. The van der Waals surface area contributed by atoms with E-state index in [1.807, 2.05) is 0 Å². The molecule has 13 nitrogen and oxygen atoms in total. The van der Waals surface area contributed by atoms with Crippen LogP contribution in [-0.4, -0.2) is 87.0 Å². The SMILES string of the molecule is CC(=O)OC[C@H]1O[C@@H](Oc2ccccc2COC(=O)C2(O)C=CCCC2=O)[C@H](OC(=O)/C=C/c2ccc(O)cc2)[C@@H](O)[C@@H]1O. The Kier molecular flexibility index (Phi) is 10.5. The lowest BCUT2D eigenvalue weighted by atomic mass is 9.90. The van der Waals surface area contributed by atoms with Crippen LogP contribution in [0.25, 0.3) is 6.08 Å². The van der Waals surface area contributed by atoms with Crippen molar-refractivity contribution in [2.75, 3.05) is 6.61 Å². The molecule has 0 spiro atoms. The number of carbonyl (C=O) groups is 4. The fourth-order valence-corrected chi connectivity index (χ4v) is 4.44. The number of allylic oxidation sites excluding steroid dienone is 1. The Labute approximate surface area is 251 Å². The number of aromatic hydroxyl groups is 1. The molecule has 4 rings (SSSR count). The zero-order valence-electron chi connectivity index (χ0n) is 23.6. The Morgan fingerprint density at radius 3 is 2.48 bits per heavy atom. The number of phenols is 1. The lowest BCUT2D eigenvalue weighted by Gasteiger charge is -2.41. The normalized spacial score (nSPS) is 26.6. The molecule has 0 radical (unpaired) electrons. The molecular formula is C31H32O13. The maximum Gasteiger partial charge on any atom is 0.350 e. The molecular weight excluding hydrogens is 580 g/mol. The van der Waals surface area contributed by atoms with Gasteiger partial charge in [0.05, 0.1) is 0 Å². The van der Waals surface area contributed by atoms with Gasteiger partial charge in [-0.15, -0.1) is 0 Å². The minimum Gasteiger partial charge on any atom is -0.508 e. The highest BCUT2D eigenvalue weighted by Crippen LogP contribution is 2.30. The molecule has 234 valence electrons. The highest BCUT2D eigenvalue weighted by Gasteiger charge is 2.49. The van der Waals surface area contributed by atoms with Gasteiger partial charge in [-0.05, 0) is 42.3 Å². The average Bonchev–Trinajstić information content (AvgIpc) is 3.00. The highest BCUT2D eigenvalue weighted by molar-refractivity contribution is 6.09. The molecule has 0 amide bonds. The van der Waals surface area contributed by atoms with Crippen molar-refractivity contribution in [3.05, 3.63) is 77.9 Å². The van der Waals surface area contributed by atoms with Crippen molar-refractivity contribution in [3.8, 4) is 11.5 Å². The van der Waals surface area contributed by atoms with E-state index in [0.717, 1.165) is 19.1 Å². The van der Waals surface area contributed by atoms with Gasteiger partial charge in [-0.1, -0.05) is 36.4 Å². The molecule has 0 saturated carbocycles. The summed E-state index contributed by atoms with van der Waals surface area (Å²) in [7, 11) is 0. The zero-order chi connectivity index (χ0) is 31.9. The van der Waals surface area contributed by atoms with Crippen molar-refractivity contribution in [3.63, 3.8) is 0 Å². The number of carbonyl (C=O) groups excluding carboxylic acids is 4. The molecule has 13 heteroatoms. The van der Waals surface area contributed by atoms with Crippen molar-refractivity contribution in [2.45, 2.75) is 62.7 Å². The van der Waals surface area contributed by atoms with Crippen LogP contribution in [0.2, 0.25) is 0 Å². The maximum absolute atomic E-state index is 12.7. The second-order valence-electron chi connectivity index (χ2n) is 10.1. The molecule has 4 N–H and O–H groups in total. The lowest BCUT2D eigenvalue weighted by molar-refractivity contribution is -0.282. The van der Waals surface area contributed by atoms with E-state index >= 15 is 0 Å². The van der Waals surface area contributed by atoms with Crippen LogP contribution in [0, 0.1) is 0 Å². The molecule has 1 fully saturated rings. The van der Waals surface area contributed by atoms with Gasteiger partial charge in [-0.25, -0.2) is 9.59 Å². The third kappa shape index (κ3) is 7.88. The fraction of sp³-hybridized carbons (Fsp3) is 0.355. The zero-order valence-corrected chi connectivity index (χ0v) is 23.6. The van der Waals surface area contributed by atoms with E-state index in [0.29, 0.717) is 12.0 Å². The largest absolute Gasteiger partial charge is 0.508 e. The van der Waals surface area contributed by atoms with Crippen LogP contribution in [0.3, 0.4) is 0 Å². The predicted octanol–water partition coefficient (Wildman–Crippen LogP) is 1.10. The minimum atomic E-state index is -2.41. The van der Waals surface area contributed by atoms with Crippen LogP contribution < -0.4 is 4.74 Å². The van der Waals surface area contributed by atoms with Gasteiger partial charge < -0.3 is 44.1 Å². The second kappa shape index (κ2) is 14.3. The summed E-state index contributed by atoms with van der Waals surface area (Å²) >= 11 is 0. The van der Waals surface area contributed by atoms with E-state index in [9.17, 15) is 39.6 Å². The summed E-state index contributed by atoms with van der Waals surface area (Å²) in [5.74, 6) is -3.37. The number of aliphatic hydroxyl groups excluding tert-OH is 2. The molecule has 0 bridgehead atoms. The van der Waals surface area contributed by atoms with Gasteiger partial charge in [-0.3, -0.25) is 9.59 Å². The van der Waals surface area contributed by atoms with Crippen LogP contribution in [0.4, 0.5) is 0 Å². The number of Topliss-reactive ketones (excluding diaryl/α,β-unsaturated/α-hetero) is 1. The molecule has 44 heavy (non-hydrogen) atoms. The number of ether oxygens (including phenoxy) is 5. The Morgan fingerprint density at radius 2 is 1.77 bits per heavy atom. The van der Waals surface area contributed by atoms with E-state index in [-0.39, 0.29) is 23.5 Å². The van der Waals surface area contributed by atoms with Gasteiger partial charge in [0.2, 0.25) is 11.9 Å². The van der Waals surface area contributed by atoms with Crippen LogP contribution in [0.1, 0.15) is 30.9 Å². The first-order valence-corrected chi connectivity index (χ1v) is 13.7.